The van der Waals surface area contributed by atoms with Gasteiger partial charge in [-0.2, -0.15) is 0 Å². The largest absolute Gasteiger partial charge is 0.486 e. The molecule has 1 aliphatic carbocycles. The summed E-state index contributed by atoms with van der Waals surface area (Å²) in [6.07, 6.45) is 3.73. The van der Waals surface area contributed by atoms with Crippen LogP contribution in [0, 0.1) is 5.82 Å². The maximum atomic E-state index is 12.8. The van der Waals surface area contributed by atoms with Crippen LogP contribution in [0.2, 0.25) is 0 Å². The first-order valence-corrected chi connectivity index (χ1v) is 7.07. The summed E-state index contributed by atoms with van der Waals surface area (Å²) in [6, 6.07) is 14.7. The Labute approximate surface area is 128 Å². The zero-order valence-corrected chi connectivity index (χ0v) is 11.8. The van der Waals surface area contributed by atoms with Gasteiger partial charge in [0.1, 0.15) is 23.8 Å². The minimum absolute atomic E-state index is 0.181. The summed E-state index contributed by atoms with van der Waals surface area (Å²) in [6.45, 7) is 0. The lowest BCUT2D eigenvalue weighted by Gasteiger charge is -2.15. The van der Waals surface area contributed by atoms with Gasteiger partial charge in [-0.15, -0.1) is 0 Å². The van der Waals surface area contributed by atoms with E-state index in [-0.39, 0.29) is 24.0 Å². The van der Waals surface area contributed by atoms with Crippen LogP contribution >= 0.6 is 0 Å². The summed E-state index contributed by atoms with van der Waals surface area (Å²) < 4.78 is 24.0. The number of carbonyl (C=O) groups is 1. The molecule has 2 aromatic rings. The van der Waals surface area contributed by atoms with Crippen LogP contribution in [0.5, 0.6) is 5.75 Å². The molecule has 112 valence electrons. The summed E-state index contributed by atoms with van der Waals surface area (Å²) >= 11 is 0. The first-order valence-electron chi connectivity index (χ1n) is 7.07. The van der Waals surface area contributed by atoms with Crippen molar-refractivity contribution in [1.29, 1.82) is 0 Å². The van der Waals surface area contributed by atoms with Gasteiger partial charge in [-0.05, 0) is 48.6 Å². The number of carbonyl (C=O) groups excluding carboxylic acids is 1. The SMILES string of the molecule is O=C(O[C@@H]1C=C[C@H](Oc2ccc(F)cc2)C1)c1ccccc1. The first kappa shape index (κ1) is 14.3. The molecule has 1 aliphatic rings. The van der Waals surface area contributed by atoms with E-state index in [1.807, 2.05) is 18.2 Å². The van der Waals surface area contributed by atoms with Crippen LogP contribution in [0.1, 0.15) is 16.8 Å². The fourth-order valence-corrected chi connectivity index (χ4v) is 2.28. The van der Waals surface area contributed by atoms with Gasteiger partial charge in [-0.3, -0.25) is 0 Å². The minimum atomic E-state index is -0.349. The second-order valence-corrected chi connectivity index (χ2v) is 5.04. The predicted octanol–water partition coefficient (Wildman–Crippen LogP) is 3.76. The summed E-state index contributed by atoms with van der Waals surface area (Å²) in [5.41, 5.74) is 0.527. The lowest BCUT2D eigenvalue weighted by Crippen LogP contribution is -2.19. The maximum Gasteiger partial charge on any atom is 0.338 e. The molecule has 0 saturated heterocycles. The third kappa shape index (κ3) is 3.52. The van der Waals surface area contributed by atoms with Crippen molar-refractivity contribution in [3.05, 3.63) is 78.1 Å². The van der Waals surface area contributed by atoms with Gasteiger partial charge < -0.3 is 9.47 Å². The molecule has 22 heavy (non-hydrogen) atoms. The molecule has 0 saturated carbocycles. The minimum Gasteiger partial charge on any atom is -0.486 e. The quantitative estimate of drug-likeness (QED) is 0.637. The smallest absolute Gasteiger partial charge is 0.338 e. The molecule has 3 rings (SSSR count). The van der Waals surface area contributed by atoms with Gasteiger partial charge in [0.05, 0.1) is 5.56 Å². The third-order valence-electron chi connectivity index (χ3n) is 3.37. The van der Waals surface area contributed by atoms with Crippen LogP contribution in [0.25, 0.3) is 0 Å². The highest BCUT2D eigenvalue weighted by molar-refractivity contribution is 5.89. The van der Waals surface area contributed by atoms with E-state index in [2.05, 4.69) is 0 Å². The van der Waals surface area contributed by atoms with Gasteiger partial charge in [0, 0.05) is 6.42 Å². The monoisotopic (exact) mass is 298 g/mol. The number of halogens is 1. The van der Waals surface area contributed by atoms with Crippen LogP contribution in [0.3, 0.4) is 0 Å². The molecule has 2 aromatic carbocycles. The normalized spacial score (nSPS) is 19.9. The summed E-state index contributed by atoms with van der Waals surface area (Å²) in [7, 11) is 0. The molecular weight excluding hydrogens is 283 g/mol. The van der Waals surface area contributed by atoms with Crippen LogP contribution in [0.15, 0.2) is 66.7 Å². The van der Waals surface area contributed by atoms with Crippen molar-refractivity contribution in [1.82, 2.24) is 0 Å². The van der Waals surface area contributed by atoms with Gasteiger partial charge in [0.2, 0.25) is 0 Å². The molecule has 2 atom stereocenters. The number of ether oxygens (including phenoxy) is 2. The Kier molecular flexibility index (Phi) is 4.19. The van der Waals surface area contributed by atoms with Crippen molar-refractivity contribution in [2.75, 3.05) is 0 Å². The van der Waals surface area contributed by atoms with Gasteiger partial charge in [0.15, 0.2) is 0 Å². The maximum absolute atomic E-state index is 12.8. The molecule has 0 spiro atoms. The van der Waals surface area contributed by atoms with E-state index in [1.165, 1.54) is 12.1 Å². The molecular formula is C18H15FO3. The lowest BCUT2D eigenvalue weighted by molar-refractivity contribution is 0.0358. The molecule has 0 aromatic heterocycles. The average Bonchev–Trinajstić information content (AvgIpc) is 2.97. The Morgan fingerprint density at radius 1 is 0.955 bits per heavy atom. The zero-order valence-electron chi connectivity index (χ0n) is 11.8. The lowest BCUT2D eigenvalue weighted by atomic mass is 10.2. The van der Waals surface area contributed by atoms with Crippen LogP contribution in [0.4, 0.5) is 4.39 Å². The van der Waals surface area contributed by atoms with Crippen molar-refractivity contribution in [3.63, 3.8) is 0 Å². The third-order valence-corrected chi connectivity index (χ3v) is 3.37. The van der Waals surface area contributed by atoms with Crippen molar-refractivity contribution in [2.24, 2.45) is 0 Å². The fraction of sp³-hybridized carbons (Fsp3) is 0.167. The molecule has 0 heterocycles. The standard InChI is InChI=1S/C18H15FO3/c19-14-6-8-15(9-7-14)21-16-10-11-17(12-16)22-18(20)13-4-2-1-3-5-13/h1-11,16-17H,12H2/t16-,17+/m0/s1. The highest BCUT2D eigenvalue weighted by Gasteiger charge is 2.24. The Morgan fingerprint density at radius 2 is 1.64 bits per heavy atom. The van der Waals surface area contributed by atoms with Gasteiger partial charge >= 0.3 is 5.97 Å². The van der Waals surface area contributed by atoms with Gasteiger partial charge in [-0.1, -0.05) is 18.2 Å². The molecule has 0 unspecified atom stereocenters. The second-order valence-electron chi connectivity index (χ2n) is 5.04. The number of hydrogen-bond acceptors (Lipinski definition) is 3. The molecule has 3 nitrogen and oxygen atoms in total. The van der Waals surface area contributed by atoms with Crippen LogP contribution in [-0.2, 0) is 4.74 Å². The van der Waals surface area contributed by atoms with E-state index in [0.29, 0.717) is 17.7 Å². The number of hydrogen-bond donors (Lipinski definition) is 0. The van der Waals surface area contributed by atoms with Crippen LogP contribution in [-0.4, -0.2) is 18.2 Å². The highest BCUT2D eigenvalue weighted by atomic mass is 19.1. The Morgan fingerprint density at radius 3 is 2.36 bits per heavy atom. The van der Waals surface area contributed by atoms with Crippen molar-refractivity contribution in [3.8, 4) is 5.75 Å². The number of rotatable bonds is 4. The molecule has 4 heteroatoms. The zero-order chi connectivity index (χ0) is 15.4. The summed E-state index contributed by atoms with van der Waals surface area (Å²) in [4.78, 5) is 12.0. The van der Waals surface area contributed by atoms with Gasteiger partial charge in [-0.25, -0.2) is 9.18 Å². The number of esters is 1. The fourth-order valence-electron chi connectivity index (χ4n) is 2.28. The molecule has 0 bridgehead atoms. The van der Waals surface area contributed by atoms with E-state index in [0.717, 1.165) is 0 Å². The van der Waals surface area contributed by atoms with Crippen molar-refractivity contribution in [2.45, 2.75) is 18.6 Å². The predicted molar refractivity (Wildman–Crippen MR) is 80.2 cm³/mol. The second kappa shape index (κ2) is 6.43. The Balaban J connectivity index is 1.53. The van der Waals surface area contributed by atoms with E-state index < -0.39 is 0 Å². The Bertz CT molecular complexity index is 664. The summed E-state index contributed by atoms with van der Waals surface area (Å²) in [5, 5.41) is 0. The molecule has 0 radical (unpaired) electrons. The highest BCUT2D eigenvalue weighted by Crippen LogP contribution is 2.22. The average molecular weight is 298 g/mol. The topological polar surface area (TPSA) is 35.5 Å². The van der Waals surface area contributed by atoms with Gasteiger partial charge in [0.25, 0.3) is 0 Å². The molecule has 0 aliphatic heterocycles. The molecule has 0 amide bonds. The molecule has 0 fully saturated rings. The van der Waals surface area contributed by atoms with E-state index in [4.69, 9.17) is 9.47 Å². The first-order chi connectivity index (χ1) is 10.7. The number of benzene rings is 2. The van der Waals surface area contributed by atoms with Crippen molar-refractivity contribution < 1.29 is 18.7 Å². The molecule has 0 N–H and O–H groups in total. The van der Waals surface area contributed by atoms with E-state index in [1.54, 1.807) is 36.4 Å². The van der Waals surface area contributed by atoms with Crippen molar-refractivity contribution >= 4 is 5.97 Å². The van der Waals surface area contributed by atoms with E-state index >= 15 is 0 Å². The van der Waals surface area contributed by atoms with Crippen LogP contribution < -0.4 is 4.74 Å². The Hall–Kier alpha value is -2.62. The van der Waals surface area contributed by atoms with E-state index in [9.17, 15) is 9.18 Å². The summed E-state index contributed by atoms with van der Waals surface area (Å²) in [5.74, 6) is -0.0623.